The number of aromatic nitrogens is 2. The summed E-state index contributed by atoms with van der Waals surface area (Å²) in [4.78, 5) is 22.6. The number of hydrogen-bond acceptors (Lipinski definition) is 4. The molecule has 0 unspecified atom stereocenters. The molecule has 0 saturated carbocycles. The Bertz CT molecular complexity index is 625. The number of pyridine rings is 2. The highest BCUT2D eigenvalue weighted by Crippen LogP contribution is 2.29. The van der Waals surface area contributed by atoms with Crippen LogP contribution < -0.4 is 0 Å². The van der Waals surface area contributed by atoms with Crippen LogP contribution in [0.25, 0.3) is 0 Å². The zero-order valence-electron chi connectivity index (χ0n) is 13.0. The highest BCUT2D eigenvalue weighted by atomic mass is 16.3. The van der Waals surface area contributed by atoms with E-state index >= 15 is 0 Å². The van der Waals surface area contributed by atoms with Gasteiger partial charge in [0, 0.05) is 31.2 Å². The van der Waals surface area contributed by atoms with Crippen LogP contribution in [0.15, 0.2) is 48.8 Å². The zero-order chi connectivity index (χ0) is 16.1. The maximum atomic E-state index is 12.3. The van der Waals surface area contributed by atoms with Gasteiger partial charge in [0.05, 0.1) is 18.2 Å². The largest absolute Gasteiger partial charge is 0.387 e. The second-order valence-corrected chi connectivity index (χ2v) is 5.92. The van der Waals surface area contributed by atoms with Gasteiger partial charge >= 0.3 is 0 Å². The molecule has 0 spiro atoms. The Morgan fingerprint density at radius 2 is 1.83 bits per heavy atom. The molecule has 1 aliphatic rings. The minimum absolute atomic E-state index is 0.106. The molecule has 1 saturated heterocycles. The Balaban J connectivity index is 1.53. The fourth-order valence-corrected chi connectivity index (χ4v) is 3.03. The van der Waals surface area contributed by atoms with Crippen molar-refractivity contribution in [3.05, 3.63) is 60.2 Å². The van der Waals surface area contributed by atoms with Crippen LogP contribution >= 0.6 is 0 Å². The normalized spacial score (nSPS) is 17.0. The first-order valence-corrected chi connectivity index (χ1v) is 8.00. The number of likely N-dealkylation sites (tertiary alicyclic amines) is 1. The van der Waals surface area contributed by atoms with Crippen molar-refractivity contribution in [2.75, 3.05) is 13.1 Å². The third-order valence-corrected chi connectivity index (χ3v) is 4.39. The molecule has 3 heterocycles. The molecule has 1 atom stereocenters. The Hall–Kier alpha value is -2.27. The molecule has 5 nitrogen and oxygen atoms in total. The number of nitrogens with zero attached hydrogens (tertiary/aromatic N) is 3. The third-order valence-electron chi connectivity index (χ3n) is 4.39. The zero-order valence-corrected chi connectivity index (χ0v) is 13.0. The summed E-state index contributed by atoms with van der Waals surface area (Å²) in [5, 5.41) is 10.4. The number of carbonyl (C=O) groups is 1. The third kappa shape index (κ3) is 3.93. The van der Waals surface area contributed by atoms with E-state index in [9.17, 15) is 9.90 Å². The minimum atomic E-state index is -0.552. The first-order chi connectivity index (χ1) is 11.2. The van der Waals surface area contributed by atoms with Crippen molar-refractivity contribution in [2.45, 2.75) is 25.4 Å². The van der Waals surface area contributed by atoms with Gasteiger partial charge in [-0.25, -0.2) is 0 Å². The Morgan fingerprint density at radius 1 is 1.13 bits per heavy atom. The van der Waals surface area contributed by atoms with E-state index in [0.29, 0.717) is 25.2 Å². The van der Waals surface area contributed by atoms with E-state index in [1.807, 2.05) is 41.3 Å². The van der Waals surface area contributed by atoms with Crippen LogP contribution in [0.1, 0.15) is 30.3 Å². The lowest BCUT2D eigenvalue weighted by Gasteiger charge is -2.34. The van der Waals surface area contributed by atoms with Crippen LogP contribution in [0.4, 0.5) is 0 Å². The van der Waals surface area contributed by atoms with Gasteiger partial charge in [0.15, 0.2) is 0 Å². The molecule has 1 aliphatic heterocycles. The van der Waals surface area contributed by atoms with Crippen molar-refractivity contribution >= 4 is 5.91 Å². The molecule has 0 radical (unpaired) electrons. The molecule has 1 N–H and O–H groups in total. The van der Waals surface area contributed by atoms with Crippen molar-refractivity contribution < 1.29 is 9.90 Å². The fraction of sp³-hybridized carbons (Fsp3) is 0.389. The van der Waals surface area contributed by atoms with Gasteiger partial charge in [0.2, 0.25) is 5.91 Å². The summed E-state index contributed by atoms with van der Waals surface area (Å²) in [6.45, 7) is 1.36. The van der Waals surface area contributed by atoms with Gasteiger partial charge in [0.1, 0.15) is 0 Å². The fourth-order valence-electron chi connectivity index (χ4n) is 3.03. The van der Waals surface area contributed by atoms with E-state index in [2.05, 4.69) is 9.97 Å². The number of piperidine rings is 1. The maximum Gasteiger partial charge on any atom is 0.228 e. The van der Waals surface area contributed by atoms with E-state index in [0.717, 1.165) is 18.5 Å². The number of aliphatic hydroxyl groups excluding tert-OH is 1. The number of amides is 1. The lowest BCUT2D eigenvalue weighted by molar-refractivity contribution is -0.132. The summed E-state index contributed by atoms with van der Waals surface area (Å²) in [5.41, 5.74) is 1.51. The summed E-state index contributed by atoms with van der Waals surface area (Å²) in [6, 6.07) is 11.2. The summed E-state index contributed by atoms with van der Waals surface area (Å²) < 4.78 is 0. The molecule has 23 heavy (non-hydrogen) atoms. The second kappa shape index (κ2) is 7.33. The molecular weight excluding hydrogens is 290 g/mol. The topological polar surface area (TPSA) is 66.3 Å². The monoisotopic (exact) mass is 311 g/mol. The smallest absolute Gasteiger partial charge is 0.228 e. The number of rotatable bonds is 4. The van der Waals surface area contributed by atoms with Crippen LogP contribution in [0.5, 0.6) is 0 Å². The predicted molar refractivity (Wildman–Crippen MR) is 86.4 cm³/mol. The molecule has 3 rings (SSSR count). The van der Waals surface area contributed by atoms with Crippen molar-refractivity contribution in [1.29, 1.82) is 0 Å². The molecule has 0 aromatic carbocycles. The Kier molecular flexibility index (Phi) is 4.98. The van der Waals surface area contributed by atoms with Crippen molar-refractivity contribution in [3.63, 3.8) is 0 Å². The van der Waals surface area contributed by atoms with Gasteiger partial charge in [-0.3, -0.25) is 14.8 Å². The maximum absolute atomic E-state index is 12.3. The average Bonchev–Trinajstić information content (AvgIpc) is 2.63. The first-order valence-electron chi connectivity index (χ1n) is 8.00. The predicted octanol–water partition coefficient (Wildman–Crippen LogP) is 1.99. The Labute approximate surface area is 136 Å². The average molecular weight is 311 g/mol. The quantitative estimate of drug-likeness (QED) is 0.938. The summed E-state index contributed by atoms with van der Waals surface area (Å²) in [6.07, 6.45) is 4.79. The molecule has 0 bridgehead atoms. The highest BCUT2D eigenvalue weighted by Gasteiger charge is 2.28. The van der Waals surface area contributed by atoms with E-state index in [4.69, 9.17) is 0 Å². The van der Waals surface area contributed by atoms with E-state index in [1.165, 1.54) is 0 Å². The van der Waals surface area contributed by atoms with Crippen LogP contribution in [0.2, 0.25) is 0 Å². The van der Waals surface area contributed by atoms with Gasteiger partial charge in [0.25, 0.3) is 0 Å². The molecule has 120 valence electrons. The lowest BCUT2D eigenvalue weighted by Crippen LogP contribution is -2.40. The van der Waals surface area contributed by atoms with Gasteiger partial charge in [-0.15, -0.1) is 0 Å². The van der Waals surface area contributed by atoms with Crippen LogP contribution in [-0.4, -0.2) is 39.0 Å². The van der Waals surface area contributed by atoms with E-state index < -0.39 is 6.10 Å². The van der Waals surface area contributed by atoms with Crippen LogP contribution in [0.3, 0.4) is 0 Å². The van der Waals surface area contributed by atoms with Crippen LogP contribution in [-0.2, 0) is 11.2 Å². The molecule has 5 heteroatoms. The summed E-state index contributed by atoms with van der Waals surface area (Å²) >= 11 is 0. The van der Waals surface area contributed by atoms with Crippen molar-refractivity contribution in [1.82, 2.24) is 14.9 Å². The van der Waals surface area contributed by atoms with E-state index in [1.54, 1.807) is 12.4 Å². The SMILES string of the molecule is O=C(Cc1ccccn1)N1CCC([C@H](O)c2ccccn2)CC1. The molecular formula is C18H21N3O2. The van der Waals surface area contributed by atoms with Gasteiger partial charge < -0.3 is 10.0 Å². The lowest BCUT2D eigenvalue weighted by atomic mass is 9.89. The van der Waals surface area contributed by atoms with Gasteiger partial charge in [-0.2, -0.15) is 0 Å². The minimum Gasteiger partial charge on any atom is -0.387 e. The van der Waals surface area contributed by atoms with Crippen LogP contribution in [0, 0.1) is 5.92 Å². The standard InChI is InChI=1S/C18H21N3O2/c22-17(13-15-5-1-3-9-19-15)21-11-7-14(8-12-21)18(23)16-6-2-4-10-20-16/h1-6,9-10,14,18,23H,7-8,11-13H2/t18-/m0/s1. The molecule has 1 amide bonds. The number of aliphatic hydroxyl groups is 1. The van der Waals surface area contributed by atoms with Crippen molar-refractivity contribution in [3.8, 4) is 0 Å². The highest BCUT2D eigenvalue weighted by molar-refractivity contribution is 5.78. The summed E-state index contributed by atoms with van der Waals surface area (Å²) in [5.74, 6) is 0.262. The number of hydrogen-bond donors (Lipinski definition) is 1. The molecule has 1 fully saturated rings. The first kappa shape index (κ1) is 15.6. The Morgan fingerprint density at radius 3 is 2.43 bits per heavy atom. The molecule has 2 aromatic heterocycles. The van der Waals surface area contributed by atoms with Gasteiger partial charge in [-0.05, 0) is 43.0 Å². The second-order valence-electron chi connectivity index (χ2n) is 5.92. The number of carbonyl (C=O) groups excluding carboxylic acids is 1. The van der Waals surface area contributed by atoms with E-state index in [-0.39, 0.29) is 11.8 Å². The van der Waals surface area contributed by atoms with Gasteiger partial charge in [-0.1, -0.05) is 12.1 Å². The van der Waals surface area contributed by atoms with Crippen molar-refractivity contribution in [2.24, 2.45) is 5.92 Å². The molecule has 2 aromatic rings. The molecule has 0 aliphatic carbocycles. The summed E-state index contributed by atoms with van der Waals surface area (Å²) in [7, 11) is 0.